The number of morpholine rings is 1. The van der Waals surface area contributed by atoms with E-state index in [1.165, 1.54) is 0 Å². The molecular weight excluding hydrogens is 345 g/mol. The molecule has 26 heavy (non-hydrogen) atoms. The van der Waals surface area contributed by atoms with Crippen molar-refractivity contribution in [2.75, 3.05) is 31.2 Å². The average Bonchev–Trinajstić information content (AvgIpc) is 2.68. The molecule has 1 N–H and O–H groups in total. The Balaban J connectivity index is 1.50. The zero-order valence-corrected chi connectivity index (χ0v) is 14.3. The molecule has 0 aliphatic carbocycles. The Morgan fingerprint density at radius 2 is 2.08 bits per heavy atom. The van der Waals surface area contributed by atoms with E-state index in [1.54, 1.807) is 17.1 Å². The van der Waals surface area contributed by atoms with E-state index in [0.717, 1.165) is 37.2 Å². The highest BCUT2D eigenvalue weighted by atomic mass is 19.4. The molecule has 4 aliphatic heterocycles. The summed E-state index contributed by atoms with van der Waals surface area (Å²) in [5.41, 5.74) is 1.60. The quantitative estimate of drug-likeness (QED) is 0.885. The van der Waals surface area contributed by atoms with Crippen LogP contribution in [0, 0.1) is 0 Å². The standard InChI is InChI=1S/C19H21F3N2O2/c20-19(21,22)13-25-17-3-1-2-10-24(17)16-6-4-14(5-7-16)18-9-8-15(11-26-18)23-12-18/h1-7,15,23H,8-13H2. The van der Waals surface area contributed by atoms with E-state index in [-0.39, 0.29) is 11.5 Å². The van der Waals surface area contributed by atoms with Gasteiger partial charge in [-0.1, -0.05) is 24.3 Å². The van der Waals surface area contributed by atoms with Crippen LogP contribution in [-0.2, 0) is 15.1 Å². The number of nitrogens with zero attached hydrogens (tertiary/aromatic N) is 1. The fourth-order valence-electron chi connectivity index (χ4n) is 3.72. The van der Waals surface area contributed by atoms with Crippen molar-refractivity contribution in [2.45, 2.75) is 30.7 Å². The Labute approximate surface area is 150 Å². The van der Waals surface area contributed by atoms with Crippen molar-refractivity contribution in [3.63, 3.8) is 0 Å². The largest absolute Gasteiger partial charge is 0.469 e. The van der Waals surface area contributed by atoms with Gasteiger partial charge in [0.05, 0.1) is 6.61 Å². The normalized spacial score (nSPS) is 28.2. The number of benzene rings is 1. The number of fused-ring (bicyclic) bond motifs is 3. The number of rotatable bonds is 4. The topological polar surface area (TPSA) is 33.7 Å². The number of ether oxygens (including phenoxy) is 2. The molecule has 3 fully saturated rings. The second-order valence-electron chi connectivity index (χ2n) is 6.92. The maximum atomic E-state index is 12.5. The first kappa shape index (κ1) is 17.4. The van der Waals surface area contributed by atoms with Gasteiger partial charge in [0.2, 0.25) is 0 Å². The molecule has 4 nitrogen and oxygen atoms in total. The minimum atomic E-state index is -4.36. The van der Waals surface area contributed by atoms with Gasteiger partial charge >= 0.3 is 6.18 Å². The zero-order chi connectivity index (χ0) is 18.2. The first-order valence-corrected chi connectivity index (χ1v) is 8.77. The highest BCUT2D eigenvalue weighted by Crippen LogP contribution is 2.39. The third kappa shape index (κ3) is 3.46. The molecule has 3 saturated heterocycles. The van der Waals surface area contributed by atoms with Gasteiger partial charge in [0.25, 0.3) is 0 Å². The van der Waals surface area contributed by atoms with Crippen LogP contribution in [0.2, 0.25) is 0 Å². The Morgan fingerprint density at radius 1 is 1.27 bits per heavy atom. The Morgan fingerprint density at radius 3 is 2.69 bits per heavy atom. The molecule has 4 aliphatic rings. The molecule has 2 atom stereocenters. The van der Waals surface area contributed by atoms with Crippen LogP contribution >= 0.6 is 0 Å². The fourth-order valence-corrected chi connectivity index (χ4v) is 3.72. The van der Waals surface area contributed by atoms with E-state index in [2.05, 4.69) is 5.32 Å². The van der Waals surface area contributed by atoms with E-state index < -0.39 is 12.8 Å². The molecule has 2 unspecified atom stereocenters. The molecule has 1 aromatic rings. The van der Waals surface area contributed by atoms with E-state index >= 15 is 0 Å². The lowest BCUT2D eigenvalue weighted by atomic mass is 9.81. The van der Waals surface area contributed by atoms with E-state index in [9.17, 15) is 13.2 Å². The number of anilines is 1. The number of nitrogens with one attached hydrogen (secondary N) is 1. The molecule has 1 aromatic carbocycles. The Bertz CT molecular complexity index is 691. The van der Waals surface area contributed by atoms with Crippen molar-refractivity contribution >= 4 is 5.69 Å². The second kappa shape index (κ2) is 6.63. The van der Waals surface area contributed by atoms with Gasteiger partial charge in [-0.15, -0.1) is 0 Å². The molecule has 5 rings (SSSR count). The minimum Gasteiger partial charge on any atom is -0.469 e. The van der Waals surface area contributed by atoms with E-state index in [4.69, 9.17) is 9.47 Å². The lowest BCUT2D eigenvalue weighted by Gasteiger charge is -2.47. The van der Waals surface area contributed by atoms with Gasteiger partial charge in [-0.25, -0.2) is 0 Å². The van der Waals surface area contributed by atoms with E-state index in [0.29, 0.717) is 12.6 Å². The highest BCUT2D eigenvalue weighted by Gasteiger charge is 2.42. The molecule has 4 heterocycles. The molecule has 0 radical (unpaired) electrons. The van der Waals surface area contributed by atoms with Gasteiger partial charge in [-0.3, -0.25) is 0 Å². The van der Waals surface area contributed by atoms with Crippen molar-refractivity contribution in [1.82, 2.24) is 5.32 Å². The summed E-state index contributed by atoms with van der Waals surface area (Å²) in [6.45, 7) is 0.680. The lowest BCUT2D eigenvalue weighted by molar-refractivity contribution is -0.165. The molecule has 0 amide bonds. The van der Waals surface area contributed by atoms with Crippen LogP contribution in [0.4, 0.5) is 18.9 Å². The maximum absolute atomic E-state index is 12.5. The Hall–Kier alpha value is -1.99. The van der Waals surface area contributed by atoms with Gasteiger partial charge in [-0.05, 0) is 36.6 Å². The summed E-state index contributed by atoms with van der Waals surface area (Å²) < 4.78 is 48.5. The summed E-state index contributed by atoms with van der Waals surface area (Å²) in [4.78, 5) is 1.73. The smallest absolute Gasteiger partial charge is 0.422 e. The third-order valence-electron chi connectivity index (χ3n) is 5.15. The number of alkyl halides is 3. The SMILES string of the molecule is FC(F)(F)COC1=CC=CCN1c1ccc(C23CCC(CO2)NC3)cc1. The summed E-state index contributed by atoms with van der Waals surface area (Å²) >= 11 is 0. The third-order valence-corrected chi connectivity index (χ3v) is 5.15. The molecule has 2 bridgehead atoms. The van der Waals surface area contributed by atoms with Crippen LogP contribution in [0.3, 0.4) is 0 Å². The lowest BCUT2D eigenvalue weighted by Crippen LogP contribution is -2.57. The molecule has 140 valence electrons. The van der Waals surface area contributed by atoms with Gasteiger partial charge in [0.15, 0.2) is 12.5 Å². The summed E-state index contributed by atoms with van der Waals surface area (Å²) in [7, 11) is 0. The molecule has 7 heteroatoms. The van der Waals surface area contributed by atoms with Gasteiger partial charge in [-0.2, -0.15) is 13.2 Å². The second-order valence-corrected chi connectivity index (χ2v) is 6.92. The highest BCUT2D eigenvalue weighted by molar-refractivity contribution is 5.54. The summed E-state index contributed by atoms with van der Waals surface area (Å²) in [6.07, 6.45) is 2.85. The molecule has 0 aromatic heterocycles. The minimum absolute atomic E-state index is 0.201. The van der Waals surface area contributed by atoms with Crippen molar-refractivity contribution in [3.8, 4) is 0 Å². The van der Waals surface area contributed by atoms with Crippen molar-refractivity contribution in [2.24, 2.45) is 0 Å². The number of halogens is 3. The van der Waals surface area contributed by atoms with Gasteiger partial charge in [0, 0.05) is 24.8 Å². The first-order chi connectivity index (χ1) is 12.5. The molecule has 0 spiro atoms. The number of piperidine rings is 1. The number of hydrogen-bond donors (Lipinski definition) is 1. The average molecular weight is 366 g/mol. The zero-order valence-electron chi connectivity index (χ0n) is 14.3. The van der Waals surface area contributed by atoms with Crippen LogP contribution in [0.5, 0.6) is 0 Å². The van der Waals surface area contributed by atoms with E-state index in [1.807, 2.05) is 30.3 Å². The van der Waals surface area contributed by atoms with Gasteiger partial charge in [0.1, 0.15) is 5.60 Å². The summed E-state index contributed by atoms with van der Waals surface area (Å²) in [5.74, 6) is 0.201. The predicted octanol–water partition coefficient (Wildman–Crippen LogP) is 3.46. The fraction of sp³-hybridized carbons (Fsp3) is 0.474. The van der Waals surface area contributed by atoms with Crippen LogP contribution < -0.4 is 10.2 Å². The van der Waals surface area contributed by atoms with Crippen molar-refractivity contribution in [1.29, 1.82) is 0 Å². The number of hydrogen-bond acceptors (Lipinski definition) is 4. The summed E-state index contributed by atoms with van der Waals surface area (Å²) in [6, 6.07) is 8.29. The molecule has 0 saturated carbocycles. The Kier molecular flexibility index (Phi) is 4.44. The maximum Gasteiger partial charge on any atom is 0.422 e. The van der Waals surface area contributed by atoms with Crippen LogP contribution in [-0.4, -0.2) is 38.5 Å². The van der Waals surface area contributed by atoms with Crippen LogP contribution in [0.15, 0.2) is 48.4 Å². The van der Waals surface area contributed by atoms with Crippen LogP contribution in [0.25, 0.3) is 0 Å². The van der Waals surface area contributed by atoms with Crippen molar-refractivity contribution in [3.05, 3.63) is 53.9 Å². The number of allylic oxidation sites excluding steroid dienone is 2. The van der Waals surface area contributed by atoms with Gasteiger partial charge < -0.3 is 19.7 Å². The summed E-state index contributed by atoms with van der Waals surface area (Å²) in [5, 5.41) is 3.49. The monoisotopic (exact) mass is 366 g/mol. The predicted molar refractivity (Wildman–Crippen MR) is 91.7 cm³/mol. The van der Waals surface area contributed by atoms with Crippen molar-refractivity contribution < 1.29 is 22.6 Å². The van der Waals surface area contributed by atoms with Crippen LogP contribution in [0.1, 0.15) is 18.4 Å². The molecular formula is C19H21F3N2O2. The first-order valence-electron chi connectivity index (χ1n) is 8.77.